The molecule has 3 aromatic rings. The normalized spacial score (nSPS) is 12.2. The lowest BCUT2D eigenvalue weighted by atomic mass is 10.1. The fourth-order valence-electron chi connectivity index (χ4n) is 3.36. The number of carbonyl (C=O) groups is 1. The Morgan fingerprint density at radius 2 is 1.85 bits per heavy atom. The third-order valence-corrected chi connectivity index (χ3v) is 5.02. The number of rotatable bonds is 7. The van der Waals surface area contributed by atoms with E-state index < -0.39 is 22.6 Å². The molecule has 7 nitrogen and oxygen atoms in total. The Hall–Kier alpha value is -3.95. The Morgan fingerprint density at radius 3 is 2.48 bits per heavy atom. The van der Waals surface area contributed by atoms with Crippen molar-refractivity contribution in [2.24, 2.45) is 0 Å². The number of nitro groups is 1. The monoisotopic (exact) mass is 458 g/mol. The number of hydrogen-bond donors (Lipinski definition) is 1. The summed E-state index contributed by atoms with van der Waals surface area (Å²) in [6.07, 6.45) is -2.95. The lowest BCUT2D eigenvalue weighted by Crippen LogP contribution is -2.27. The summed E-state index contributed by atoms with van der Waals surface area (Å²) < 4.78 is 39.7. The number of anilines is 1. The molecule has 1 amide bonds. The lowest BCUT2D eigenvalue weighted by molar-refractivity contribution is -0.384. The first kappa shape index (κ1) is 23.7. The summed E-state index contributed by atoms with van der Waals surface area (Å²) >= 11 is 0. The molecule has 0 aliphatic carbocycles. The highest BCUT2D eigenvalue weighted by molar-refractivity contribution is 5.95. The molecule has 2 aromatic carbocycles. The van der Waals surface area contributed by atoms with Crippen LogP contribution in [-0.2, 0) is 12.7 Å². The fraction of sp³-hybridized carbons (Fsp3) is 0.217. The minimum absolute atomic E-state index is 0.00951. The Kier molecular flexibility index (Phi) is 6.95. The van der Waals surface area contributed by atoms with Gasteiger partial charge >= 0.3 is 6.18 Å². The van der Waals surface area contributed by atoms with Crippen molar-refractivity contribution in [1.82, 2.24) is 9.88 Å². The van der Waals surface area contributed by atoms with Gasteiger partial charge < -0.3 is 10.2 Å². The molecular formula is C23H21F3N4O3. The third-order valence-electron chi connectivity index (χ3n) is 5.02. The topological polar surface area (TPSA) is 88.4 Å². The average Bonchev–Trinajstić information content (AvgIpc) is 2.78. The molecule has 0 aliphatic heterocycles. The Labute approximate surface area is 188 Å². The highest BCUT2D eigenvalue weighted by atomic mass is 19.4. The zero-order chi connectivity index (χ0) is 24.2. The van der Waals surface area contributed by atoms with Crippen LogP contribution in [0.1, 0.15) is 40.1 Å². The third kappa shape index (κ3) is 5.65. The van der Waals surface area contributed by atoms with Crippen molar-refractivity contribution in [3.05, 3.63) is 99.4 Å². The van der Waals surface area contributed by atoms with Crippen LogP contribution in [0.3, 0.4) is 0 Å². The van der Waals surface area contributed by atoms with Crippen molar-refractivity contribution >= 4 is 17.3 Å². The molecule has 10 heteroatoms. The Balaban J connectivity index is 1.83. The number of amides is 1. The molecule has 1 aromatic heterocycles. The first-order valence-corrected chi connectivity index (χ1v) is 9.94. The van der Waals surface area contributed by atoms with E-state index in [1.165, 1.54) is 37.4 Å². The predicted octanol–water partition coefficient (Wildman–Crippen LogP) is 5.45. The van der Waals surface area contributed by atoms with Crippen LogP contribution in [0.25, 0.3) is 0 Å². The number of nitrogens with one attached hydrogen (secondary N) is 1. The molecule has 0 saturated heterocycles. The van der Waals surface area contributed by atoms with E-state index in [1.54, 1.807) is 31.3 Å². The number of hydrogen-bond acceptors (Lipinski definition) is 5. The van der Waals surface area contributed by atoms with Crippen molar-refractivity contribution < 1.29 is 22.9 Å². The average molecular weight is 458 g/mol. The molecule has 3 rings (SSSR count). The molecule has 1 heterocycles. The highest BCUT2D eigenvalue weighted by Gasteiger charge is 2.33. The van der Waals surface area contributed by atoms with Crippen LogP contribution < -0.4 is 5.32 Å². The SMILES string of the molecule is CC(Nc1ccc(C(=O)N(C)Cc2ccccc2C(F)(F)F)cc1[N+](=O)[O-])c1ccccn1. The summed E-state index contributed by atoms with van der Waals surface area (Å²) in [4.78, 5) is 29.1. The number of carbonyl (C=O) groups excluding carboxylic acids is 1. The van der Waals surface area contributed by atoms with Gasteiger partial charge in [-0.05, 0) is 42.8 Å². The van der Waals surface area contributed by atoms with Crippen LogP contribution in [0.2, 0.25) is 0 Å². The molecule has 0 radical (unpaired) electrons. The largest absolute Gasteiger partial charge is 0.416 e. The van der Waals surface area contributed by atoms with Gasteiger partial charge in [-0.3, -0.25) is 19.9 Å². The summed E-state index contributed by atoms with van der Waals surface area (Å²) in [6.45, 7) is 1.48. The molecule has 0 aliphatic rings. The molecule has 1 unspecified atom stereocenters. The van der Waals surface area contributed by atoms with Crippen LogP contribution in [0.4, 0.5) is 24.5 Å². The first-order chi connectivity index (χ1) is 15.6. The molecule has 0 spiro atoms. The Morgan fingerprint density at radius 1 is 1.15 bits per heavy atom. The molecule has 1 N–H and O–H groups in total. The zero-order valence-corrected chi connectivity index (χ0v) is 17.8. The van der Waals surface area contributed by atoms with Crippen molar-refractivity contribution in [2.75, 3.05) is 12.4 Å². The second-order valence-corrected chi connectivity index (χ2v) is 7.43. The van der Waals surface area contributed by atoms with Gasteiger partial charge in [0.1, 0.15) is 5.69 Å². The van der Waals surface area contributed by atoms with Crippen LogP contribution >= 0.6 is 0 Å². The summed E-state index contributed by atoms with van der Waals surface area (Å²) in [7, 11) is 1.34. The number of aromatic nitrogens is 1. The molecular weight excluding hydrogens is 437 g/mol. The minimum Gasteiger partial charge on any atom is -0.371 e. The van der Waals surface area contributed by atoms with Gasteiger partial charge in [0.2, 0.25) is 0 Å². The second kappa shape index (κ2) is 9.68. The van der Waals surface area contributed by atoms with Crippen molar-refractivity contribution in [3.63, 3.8) is 0 Å². The van der Waals surface area contributed by atoms with E-state index in [-0.39, 0.29) is 35.1 Å². The summed E-state index contributed by atoms with van der Waals surface area (Å²) in [5, 5.41) is 14.6. The van der Waals surface area contributed by atoms with Gasteiger partial charge in [-0.2, -0.15) is 13.2 Å². The molecule has 33 heavy (non-hydrogen) atoms. The number of nitro benzene ring substituents is 1. The fourth-order valence-corrected chi connectivity index (χ4v) is 3.36. The number of halogens is 3. The zero-order valence-electron chi connectivity index (χ0n) is 17.8. The van der Waals surface area contributed by atoms with Crippen LogP contribution in [0, 0.1) is 10.1 Å². The summed E-state index contributed by atoms with van der Waals surface area (Å²) in [5.41, 5.74) is -0.372. The van der Waals surface area contributed by atoms with Crippen molar-refractivity contribution in [3.8, 4) is 0 Å². The predicted molar refractivity (Wildman–Crippen MR) is 117 cm³/mol. The molecule has 0 saturated carbocycles. The van der Waals surface area contributed by atoms with Crippen molar-refractivity contribution in [1.29, 1.82) is 0 Å². The van der Waals surface area contributed by atoms with Crippen LogP contribution in [0.5, 0.6) is 0 Å². The van der Waals surface area contributed by atoms with E-state index in [0.29, 0.717) is 5.69 Å². The van der Waals surface area contributed by atoms with Gasteiger partial charge in [0.05, 0.1) is 22.2 Å². The second-order valence-electron chi connectivity index (χ2n) is 7.43. The van der Waals surface area contributed by atoms with Gasteiger partial charge in [0.25, 0.3) is 11.6 Å². The molecule has 1 atom stereocenters. The van der Waals surface area contributed by atoms with Gasteiger partial charge in [-0.1, -0.05) is 24.3 Å². The van der Waals surface area contributed by atoms with E-state index in [2.05, 4.69) is 10.3 Å². The summed E-state index contributed by atoms with van der Waals surface area (Å²) in [5.74, 6) is -0.639. The van der Waals surface area contributed by atoms with Gasteiger partial charge in [-0.25, -0.2) is 0 Å². The highest BCUT2D eigenvalue weighted by Crippen LogP contribution is 2.33. The van der Waals surface area contributed by atoms with Crippen molar-refractivity contribution in [2.45, 2.75) is 25.7 Å². The smallest absolute Gasteiger partial charge is 0.371 e. The van der Waals surface area contributed by atoms with Gasteiger partial charge in [0, 0.05) is 31.4 Å². The van der Waals surface area contributed by atoms with Crippen LogP contribution in [0.15, 0.2) is 66.9 Å². The van der Waals surface area contributed by atoms with E-state index in [9.17, 15) is 28.1 Å². The lowest BCUT2D eigenvalue weighted by Gasteiger charge is -2.21. The van der Waals surface area contributed by atoms with E-state index in [0.717, 1.165) is 17.0 Å². The maximum Gasteiger partial charge on any atom is 0.416 e. The maximum absolute atomic E-state index is 13.2. The standard InChI is InChI=1S/C23H21F3N4O3/c1-15(19-9-5-6-12-27-19)28-20-11-10-16(13-21(20)30(32)33)22(31)29(2)14-17-7-3-4-8-18(17)23(24,25)26/h3-13,15,28H,14H2,1-2H3. The maximum atomic E-state index is 13.2. The number of alkyl halides is 3. The quantitative estimate of drug-likeness (QED) is 0.376. The van der Waals surface area contributed by atoms with Gasteiger partial charge in [-0.15, -0.1) is 0 Å². The first-order valence-electron chi connectivity index (χ1n) is 9.94. The Bertz CT molecular complexity index is 1150. The number of pyridine rings is 1. The van der Waals surface area contributed by atoms with E-state index >= 15 is 0 Å². The van der Waals surface area contributed by atoms with E-state index in [4.69, 9.17) is 0 Å². The molecule has 0 fully saturated rings. The minimum atomic E-state index is -4.56. The molecule has 172 valence electrons. The number of nitrogens with zero attached hydrogens (tertiary/aromatic N) is 3. The van der Waals surface area contributed by atoms with Crippen LogP contribution in [-0.4, -0.2) is 27.8 Å². The summed E-state index contributed by atoms with van der Waals surface area (Å²) in [6, 6.07) is 13.9. The van der Waals surface area contributed by atoms with E-state index in [1.807, 2.05) is 0 Å². The number of benzene rings is 2. The van der Waals surface area contributed by atoms with Gasteiger partial charge in [0.15, 0.2) is 0 Å². The molecule has 0 bridgehead atoms.